The van der Waals surface area contributed by atoms with Crippen LogP contribution in [0.3, 0.4) is 0 Å². The number of nitrogens with zero attached hydrogens (tertiary/aromatic N) is 2. The first-order valence-corrected chi connectivity index (χ1v) is 3.51. The molecule has 0 spiro atoms. The number of allylic oxidation sites excluding steroid dienone is 1. The summed E-state index contributed by atoms with van der Waals surface area (Å²) in [6.45, 7) is 5.60. The Hall–Kier alpha value is -0.900. The van der Waals surface area contributed by atoms with Gasteiger partial charge in [-0.05, 0) is 12.5 Å². The first-order valence-electron chi connectivity index (χ1n) is 2.78. The Labute approximate surface area is 63.7 Å². The molecule has 0 fully saturated rings. The average Bonchev–Trinajstić information content (AvgIpc) is 2.33. The van der Waals surface area contributed by atoms with E-state index in [9.17, 15) is 0 Å². The molecule has 0 aliphatic carbocycles. The Morgan fingerprint density at radius 3 is 2.70 bits per heavy atom. The van der Waals surface area contributed by atoms with Crippen molar-refractivity contribution in [3.63, 3.8) is 0 Å². The molecule has 0 saturated carbocycles. The maximum absolute atomic E-state index is 4.92. The molecule has 1 aromatic heterocycles. The fourth-order valence-corrected chi connectivity index (χ4v) is 1.17. The standard InChI is InChI=1S/C6H8N2OS/c1-4(2)5-6(9-3)8-10-7-5/h1H2,2-3H3. The smallest absolute Gasteiger partial charge is 0.253 e. The van der Waals surface area contributed by atoms with Crippen molar-refractivity contribution in [2.75, 3.05) is 7.11 Å². The molecule has 1 aromatic rings. The highest BCUT2D eigenvalue weighted by atomic mass is 32.1. The van der Waals surface area contributed by atoms with Crippen LogP contribution in [-0.4, -0.2) is 15.9 Å². The van der Waals surface area contributed by atoms with Gasteiger partial charge >= 0.3 is 0 Å². The number of methoxy groups -OCH3 is 1. The minimum atomic E-state index is 0.567. The van der Waals surface area contributed by atoms with Crippen molar-refractivity contribution in [1.29, 1.82) is 0 Å². The lowest BCUT2D eigenvalue weighted by Gasteiger charge is -1.95. The van der Waals surface area contributed by atoms with Crippen LogP contribution in [0, 0.1) is 0 Å². The van der Waals surface area contributed by atoms with E-state index in [0.717, 1.165) is 23.0 Å². The first-order chi connectivity index (χ1) is 4.75. The number of hydrogen-bond donors (Lipinski definition) is 0. The van der Waals surface area contributed by atoms with E-state index in [1.165, 1.54) is 0 Å². The predicted molar refractivity (Wildman–Crippen MR) is 41.2 cm³/mol. The molecule has 0 N–H and O–H groups in total. The van der Waals surface area contributed by atoms with Crippen molar-refractivity contribution in [2.45, 2.75) is 6.92 Å². The second kappa shape index (κ2) is 2.79. The highest BCUT2D eigenvalue weighted by Crippen LogP contribution is 2.20. The monoisotopic (exact) mass is 156 g/mol. The first kappa shape index (κ1) is 7.21. The van der Waals surface area contributed by atoms with Crippen LogP contribution in [0.5, 0.6) is 5.88 Å². The molecule has 0 aliphatic heterocycles. The van der Waals surface area contributed by atoms with E-state index in [1.807, 2.05) is 6.92 Å². The van der Waals surface area contributed by atoms with Gasteiger partial charge in [0.05, 0.1) is 18.8 Å². The average molecular weight is 156 g/mol. The summed E-state index contributed by atoms with van der Waals surface area (Å²) < 4.78 is 12.8. The zero-order valence-corrected chi connectivity index (χ0v) is 6.73. The summed E-state index contributed by atoms with van der Waals surface area (Å²) in [5.41, 5.74) is 1.64. The van der Waals surface area contributed by atoms with Gasteiger partial charge in [-0.1, -0.05) is 6.58 Å². The zero-order chi connectivity index (χ0) is 7.56. The van der Waals surface area contributed by atoms with Crippen LogP contribution in [0.15, 0.2) is 6.58 Å². The summed E-state index contributed by atoms with van der Waals surface area (Å²) in [4.78, 5) is 0. The van der Waals surface area contributed by atoms with Crippen LogP contribution in [-0.2, 0) is 0 Å². The molecule has 3 nitrogen and oxygen atoms in total. The number of ether oxygens (including phenoxy) is 1. The Balaban J connectivity index is 3.01. The van der Waals surface area contributed by atoms with Gasteiger partial charge in [-0.25, -0.2) is 0 Å². The third-order valence-corrected chi connectivity index (χ3v) is 1.57. The highest BCUT2D eigenvalue weighted by molar-refractivity contribution is 6.99. The Kier molecular flexibility index (Phi) is 2.01. The molecule has 0 aromatic carbocycles. The summed E-state index contributed by atoms with van der Waals surface area (Å²) in [7, 11) is 1.57. The van der Waals surface area contributed by atoms with Gasteiger partial charge in [-0.15, -0.1) is 4.37 Å². The summed E-state index contributed by atoms with van der Waals surface area (Å²) in [5.74, 6) is 0.567. The minimum absolute atomic E-state index is 0.567. The van der Waals surface area contributed by atoms with Crippen LogP contribution in [0.25, 0.3) is 5.57 Å². The van der Waals surface area contributed by atoms with E-state index in [1.54, 1.807) is 7.11 Å². The summed E-state index contributed by atoms with van der Waals surface area (Å²) in [6.07, 6.45) is 0. The molecule has 1 rings (SSSR count). The lowest BCUT2D eigenvalue weighted by molar-refractivity contribution is 0.400. The third-order valence-electron chi connectivity index (χ3n) is 1.06. The van der Waals surface area contributed by atoms with Crippen molar-refractivity contribution < 1.29 is 4.74 Å². The number of rotatable bonds is 2. The fraction of sp³-hybridized carbons (Fsp3) is 0.333. The van der Waals surface area contributed by atoms with Crippen molar-refractivity contribution >= 4 is 17.3 Å². The molecule has 0 aliphatic rings. The SMILES string of the molecule is C=C(C)c1nsnc1OC. The van der Waals surface area contributed by atoms with Gasteiger partial charge in [0.2, 0.25) is 0 Å². The molecule has 4 heteroatoms. The summed E-state index contributed by atoms with van der Waals surface area (Å²) in [5, 5.41) is 0. The van der Waals surface area contributed by atoms with E-state index in [-0.39, 0.29) is 0 Å². The molecular formula is C6H8N2OS. The maximum Gasteiger partial charge on any atom is 0.253 e. The Morgan fingerprint density at radius 2 is 2.30 bits per heavy atom. The van der Waals surface area contributed by atoms with Crippen molar-refractivity contribution in [1.82, 2.24) is 8.75 Å². The van der Waals surface area contributed by atoms with E-state index >= 15 is 0 Å². The van der Waals surface area contributed by atoms with Crippen molar-refractivity contribution in [2.24, 2.45) is 0 Å². The topological polar surface area (TPSA) is 35.0 Å². The van der Waals surface area contributed by atoms with Gasteiger partial charge in [0.25, 0.3) is 5.88 Å². The molecule has 10 heavy (non-hydrogen) atoms. The van der Waals surface area contributed by atoms with Gasteiger partial charge in [-0.3, -0.25) is 0 Å². The third kappa shape index (κ3) is 1.16. The van der Waals surface area contributed by atoms with Crippen LogP contribution in [0.1, 0.15) is 12.6 Å². The van der Waals surface area contributed by atoms with Crippen molar-refractivity contribution in [3.8, 4) is 5.88 Å². The molecule has 0 saturated heterocycles. The van der Waals surface area contributed by atoms with Crippen LogP contribution >= 0.6 is 11.7 Å². The van der Waals surface area contributed by atoms with E-state index in [2.05, 4.69) is 15.3 Å². The Bertz CT molecular complexity index is 244. The fourth-order valence-electron chi connectivity index (χ4n) is 0.575. The summed E-state index contributed by atoms with van der Waals surface area (Å²) >= 11 is 1.13. The second-order valence-corrected chi connectivity index (χ2v) is 2.43. The number of hydrogen-bond acceptors (Lipinski definition) is 4. The molecule has 0 atom stereocenters. The molecule has 0 unspecified atom stereocenters. The van der Waals surface area contributed by atoms with E-state index < -0.39 is 0 Å². The highest BCUT2D eigenvalue weighted by Gasteiger charge is 2.06. The molecule has 1 heterocycles. The van der Waals surface area contributed by atoms with Crippen LogP contribution in [0.4, 0.5) is 0 Å². The Morgan fingerprint density at radius 1 is 1.60 bits per heavy atom. The van der Waals surface area contributed by atoms with Gasteiger partial charge < -0.3 is 4.74 Å². The quantitative estimate of drug-likeness (QED) is 0.652. The van der Waals surface area contributed by atoms with Gasteiger partial charge in [0, 0.05) is 0 Å². The molecule has 0 bridgehead atoms. The zero-order valence-electron chi connectivity index (χ0n) is 5.92. The molecule has 0 amide bonds. The van der Waals surface area contributed by atoms with E-state index in [4.69, 9.17) is 4.74 Å². The van der Waals surface area contributed by atoms with E-state index in [0.29, 0.717) is 5.88 Å². The minimum Gasteiger partial charge on any atom is -0.479 e. The van der Waals surface area contributed by atoms with Crippen LogP contribution < -0.4 is 4.74 Å². The maximum atomic E-state index is 4.92. The van der Waals surface area contributed by atoms with Crippen LogP contribution in [0.2, 0.25) is 0 Å². The second-order valence-electron chi connectivity index (χ2n) is 1.90. The lowest BCUT2D eigenvalue weighted by Crippen LogP contribution is -1.86. The molecule has 54 valence electrons. The number of aromatic nitrogens is 2. The lowest BCUT2D eigenvalue weighted by atomic mass is 10.3. The largest absolute Gasteiger partial charge is 0.479 e. The molecule has 0 radical (unpaired) electrons. The molecular weight excluding hydrogens is 148 g/mol. The van der Waals surface area contributed by atoms with Gasteiger partial charge in [0.1, 0.15) is 5.69 Å². The predicted octanol–water partition coefficient (Wildman–Crippen LogP) is 1.58. The van der Waals surface area contributed by atoms with Crippen molar-refractivity contribution in [3.05, 3.63) is 12.3 Å². The summed E-state index contributed by atoms with van der Waals surface area (Å²) in [6, 6.07) is 0. The van der Waals surface area contributed by atoms with Gasteiger partial charge in [-0.2, -0.15) is 4.37 Å². The normalized spacial score (nSPS) is 9.40. The van der Waals surface area contributed by atoms with Gasteiger partial charge in [0.15, 0.2) is 0 Å².